The lowest BCUT2D eigenvalue weighted by Gasteiger charge is -2.32. The third-order valence-electron chi connectivity index (χ3n) is 12.0. The van der Waals surface area contributed by atoms with Gasteiger partial charge < -0.3 is 25.6 Å². The molecule has 1 aromatic heterocycles. The highest BCUT2D eigenvalue weighted by Crippen LogP contribution is 2.44. The van der Waals surface area contributed by atoms with E-state index in [-0.39, 0.29) is 22.9 Å². The van der Waals surface area contributed by atoms with E-state index in [0.717, 1.165) is 95.3 Å². The summed E-state index contributed by atoms with van der Waals surface area (Å²) in [5.74, 6) is 0.948. The van der Waals surface area contributed by atoms with Gasteiger partial charge in [0.15, 0.2) is 0 Å². The molecule has 1 aromatic carbocycles. The molecule has 2 atom stereocenters. The number of carbonyl (C=O) groups is 1. The fraction of sp³-hybridized carbons (Fsp3) is 0.571. The lowest BCUT2D eigenvalue weighted by atomic mass is 9.79. The number of fused-ring (bicyclic) bond motifs is 1. The molecule has 0 spiro atoms. The van der Waals surface area contributed by atoms with Gasteiger partial charge in [0, 0.05) is 62.0 Å². The summed E-state index contributed by atoms with van der Waals surface area (Å²) in [6.07, 6.45) is 20.0. The number of unbranched alkanes of at least 4 members (excludes halogenated alkanes) is 3. The molecule has 2 unspecified atom stereocenters. The maximum absolute atomic E-state index is 12.8. The van der Waals surface area contributed by atoms with Gasteiger partial charge in [-0.25, -0.2) is 0 Å². The molecule has 1 aliphatic carbocycles. The molecule has 59 heavy (non-hydrogen) atoms. The lowest BCUT2D eigenvalue weighted by Crippen LogP contribution is -2.33. The lowest BCUT2D eigenvalue weighted by molar-refractivity contribution is -0.124. The van der Waals surface area contributed by atoms with Crippen LogP contribution in [0.25, 0.3) is 23.3 Å². The number of nitrogens with zero attached hydrogens (tertiary/aromatic N) is 5. The Morgan fingerprint density at radius 2 is 1.80 bits per heavy atom. The number of aryl methyl sites for hydroxylation is 1. The van der Waals surface area contributed by atoms with E-state index in [9.17, 15) is 10.2 Å². The zero-order valence-electron chi connectivity index (χ0n) is 38.4. The summed E-state index contributed by atoms with van der Waals surface area (Å²) in [5, 5.41) is 13.6. The first kappa shape index (κ1) is 47.0. The summed E-state index contributed by atoms with van der Waals surface area (Å²) in [5.41, 5.74) is 16.2. The fourth-order valence-electron chi connectivity index (χ4n) is 7.79. The molecule has 10 heteroatoms. The molecule has 1 aliphatic heterocycles. The molecule has 2 aromatic rings. The van der Waals surface area contributed by atoms with Gasteiger partial charge in [-0.2, -0.15) is 9.97 Å². The molecule has 0 bridgehead atoms. The molecule has 0 radical (unpaired) electrons. The summed E-state index contributed by atoms with van der Waals surface area (Å²) in [6.45, 7) is 22.1. The Hall–Kier alpha value is -4.73. The second-order valence-electron chi connectivity index (χ2n) is 17.5. The maximum Gasteiger partial charge on any atom is 0.318 e. The van der Waals surface area contributed by atoms with Crippen LogP contribution in [0.4, 0.5) is 11.5 Å². The molecule has 2 heterocycles. The van der Waals surface area contributed by atoms with E-state index < -0.39 is 0 Å². The second-order valence-corrected chi connectivity index (χ2v) is 17.5. The Bertz CT molecular complexity index is 1970. The Balaban J connectivity index is 2.05. The van der Waals surface area contributed by atoms with Crippen molar-refractivity contribution in [2.24, 2.45) is 28.0 Å². The third-order valence-corrected chi connectivity index (χ3v) is 12.0. The zero-order chi connectivity index (χ0) is 43.4. The van der Waals surface area contributed by atoms with Gasteiger partial charge in [0.1, 0.15) is 5.82 Å². The first-order valence-electron chi connectivity index (χ1n) is 22.1. The van der Waals surface area contributed by atoms with Crippen LogP contribution in [-0.4, -0.2) is 79.6 Å². The highest BCUT2D eigenvalue weighted by atomic mass is 16.5. The van der Waals surface area contributed by atoms with Crippen LogP contribution >= 0.6 is 0 Å². The van der Waals surface area contributed by atoms with Gasteiger partial charge in [0.25, 0.3) is 5.91 Å². The van der Waals surface area contributed by atoms with Crippen LogP contribution in [0.1, 0.15) is 140 Å². The Morgan fingerprint density at radius 3 is 2.44 bits per heavy atom. The van der Waals surface area contributed by atoms with Crippen LogP contribution < -0.4 is 20.7 Å². The number of nitrogens with two attached hydrogens (primary N) is 1. The Labute approximate surface area is 356 Å². The summed E-state index contributed by atoms with van der Waals surface area (Å²) in [4.78, 5) is 31.9. The van der Waals surface area contributed by atoms with E-state index in [1.807, 2.05) is 7.05 Å². The number of hydrogen-bond acceptors (Lipinski definition) is 9. The van der Waals surface area contributed by atoms with Crippen LogP contribution in [0.3, 0.4) is 0 Å². The fourth-order valence-corrected chi connectivity index (χ4v) is 7.79. The van der Waals surface area contributed by atoms with Crippen molar-refractivity contribution in [3.63, 3.8) is 0 Å². The monoisotopic (exact) mass is 807 g/mol. The number of ether oxygens (including phenoxy) is 1. The topological polar surface area (TPSA) is 133 Å². The van der Waals surface area contributed by atoms with Crippen molar-refractivity contribution < 1.29 is 9.53 Å². The number of rotatable bonds is 19. The largest absolute Gasteiger partial charge is 0.463 e. The number of nitrogens with one attached hydrogen (secondary N) is 2. The van der Waals surface area contributed by atoms with Crippen LogP contribution in [0, 0.1) is 36.5 Å². The predicted octanol–water partition coefficient (Wildman–Crippen LogP) is 10.5. The van der Waals surface area contributed by atoms with Crippen LogP contribution in [-0.2, 0) is 4.79 Å². The van der Waals surface area contributed by atoms with Gasteiger partial charge in [0.2, 0.25) is 0 Å². The highest BCUT2D eigenvalue weighted by Gasteiger charge is 2.34. The summed E-state index contributed by atoms with van der Waals surface area (Å²) in [6, 6.07) is 2.53. The van der Waals surface area contributed by atoms with Gasteiger partial charge in [-0.1, -0.05) is 98.8 Å². The maximum atomic E-state index is 12.8. The smallest absolute Gasteiger partial charge is 0.318 e. The van der Waals surface area contributed by atoms with Crippen molar-refractivity contribution in [2.45, 2.75) is 120 Å². The van der Waals surface area contributed by atoms with Gasteiger partial charge in [-0.15, -0.1) is 0 Å². The minimum absolute atomic E-state index is 0.0159. The van der Waals surface area contributed by atoms with E-state index in [1.54, 1.807) is 20.2 Å². The minimum Gasteiger partial charge on any atom is -0.463 e. The van der Waals surface area contributed by atoms with Gasteiger partial charge in [0.05, 0.1) is 41.5 Å². The molecule has 0 saturated heterocycles. The Morgan fingerprint density at radius 1 is 1.08 bits per heavy atom. The van der Waals surface area contributed by atoms with E-state index in [1.165, 1.54) is 17.7 Å². The van der Waals surface area contributed by atoms with E-state index in [2.05, 4.69) is 103 Å². The first-order chi connectivity index (χ1) is 28.1. The zero-order valence-corrected chi connectivity index (χ0v) is 38.4. The standard InChI is InChI=1S/C49H74N8O2/c1-13-16-19-23-49(9,22-18-15-3)31-59-48-54-42-29-39(43-35(8)34(7)27-41(52-10)37(43)21-17-14-2)45(51)38(26-33(6)32(4)5)44(42)46(55-48)57-25-20-24-53-36(30-57)28-40(50)47(58)56(11)12/h17,21,26-29,32-33,51-52H,13-16,18-20,22-25,30-31,50H2,1-12H3/b21-17-,38-26-,40-28-,51-45?. The van der Waals surface area contributed by atoms with Gasteiger partial charge in [-0.05, 0) is 86.3 Å². The van der Waals surface area contributed by atoms with E-state index in [4.69, 9.17) is 25.4 Å². The number of hydrogen-bond donors (Lipinski definition) is 3. The predicted molar refractivity (Wildman–Crippen MR) is 252 cm³/mol. The molecular formula is C49H74N8O2. The van der Waals surface area contributed by atoms with Crippen molar-refractivity contribution >= 4 is 52.1 Å². The number of aromatic nitrogens is 2. The Kier molecular flexibility index (Phi) is 17.1. The van der Waals surface area contributed by atoms with Crippen molar-refractivity contribution in [3.8, 4) is 6.01 Å². The normalized spacial score (nSPS) is 17.1. The molecule has 0 fully saturated rings. The second kappa shape index (κ2) is 21.5. The molecular weight excluding hydrogens is 733 g/mol. The average Bonchev–Trinajstić information content (AvgIpc) is 3.45. The summed E-state index contributed by atoms with van der Waals surface area (Å²) in [7, 11) is 5.35. The van der Waals surface area contributed by atoms with Gasteiger partial charge in [-0.3, -0.25) is 15.2 Å². The number of allylic oxidation sites excluding steroid dienone is 4. The molecule has 0 saturated carbocycles. The van der Waals surface area contributed by atoms with E-state index in [0.29, 0.717) is 55.4 Å². The molecule has 1 amide bonds. The molecule has 322 valence electrons. The average molecular weight is 807 g/mol. The quantitative estimate of drug-likeness (QED) is 0.0951. The minimum atomic E-state index is -0.260. The van der Waals surface area contributed by atoms with Crippen LogP contribution in [0.15, 0.2) is 35.0 Å². The van der Waals surface area contributed by atoms with Crippen LogP contribution in [0.2, 0.25) is 0 Å². The van der Waals surface area contributed by atoms with Crippen molar-refractivity contribution in [3.05, 3.63) is 63.5 Å². The number of anilines is 2. The molecule has 4 rings (SSSR count). The number of aliphatic imine (C=N–C) groups is 1. The third kappa shape index (κ3) is 11.7. The van der Waals surface area contributed by atoms with Crippen molar-refractivity contribution in [2.75, 3.05) is 57.6 Å². The molecule has 4 N–H and O–H groups in total. The molecule has 10 nitrogen and oxygen atoms in total. The van der Waals surface area contributed by atoms with Crippen LogP contribution in [0.5, 0.6) is 6.01 Å². The number of benzene rings is 1. The first-order valence-corrected chi connectivity index (χ1v) is 22.1. The summed E-state index contributed by atoms with van der Waals surface area (Å²) >= 11 is 0. The van der Waals surface area contributed by atoms with Crippen molar-refractivity contribution in [1.82, 2.24) is 14.9 Å². The van der Waals surface area contributed by atoms with Gasteiger partial charge >= 0.3 is 6.01 Å². The number of amides is 1. The number of carbonyl (C=O) groups excluding carboxylic acids is 1. The number of likely N-dealkylation sites (N-methyl/N-ethyl adjacent to an activating group) is 1. The highest BCUT2D eigenvalue weighted by molar-refractivity contribution is 6.49. The summed E-state index contributed by atoms with van der Waals surface area (Å²) < 4.78 is 6.77. The van der Waals surface area contributed by atoms with Crippen molar-refractivity contribution in [1.29, 1.82) is 5.41 Å². The molecule has 2 aliphatic rings. The van der Waals surface area contributed by atoms with E-state index >= 15 is 0 Å². The SMILES string of the molecule is CC/C=C\c1c(NC)cc(C)c(C)c1C1=Cc2nc(OCC(C)(CCCC)CCCCC)nc(N3CCCN=C(/C=C(\N)C(=O)N(C)C)C3)c2/C(=C/C(C)C(C)C)C1=N.